The van der Waals surface area contributed by atoms with Gasteiger partial charge in [0.2, 0.25) is 5.91 Å². The molecule has 2 N–H and O–H groups in total. The molecule has 19 heavy (non-hydrogen) atoms. The van der Waals surface area contributed by atoms with Gasteiger partial charge in [-0.3, -0.25) is 4.79 Å². The lowest BCUT2D eigenvalue weighted by molar-refractivity contribution is -0.120. The van der Waals surface area contributed by atoms with Gasteiger partial charge in [0.25, 0.3) is 0 Å². The number of aryl methyl sites for hydroxylation is 1. The highest BCUT2D eigenvalue weighted by Gasteiger charge is 2.24. The quantitative estimate of drug-likeness (QED) is 0.833. The van der Waals surface area contributed by atoms with Crippen molar-refractivity contribution < 1.29 is 9.90 Å². The normalized spacial score (nSPS) is 23.1. The van der Waals surface area contributed by atoms with Gasteiger partial charge in [-0.2, -0.15) is 0 Å². The van der Waals surface area contributed by atoms with Gasteiger partial charge >= 0.3 is 0 Å². The molecule has 0 spiro atoms. The zero-order valence-corrected chi connectivity index (χ0v) is 12.1. The van der Waals surface area contributed by atoms with Gasteiger partial charge in [0.05, 0.1) is 17.9 Å². The van der Waals surface area contributed by atoms with Crippen LogP contribution in [0, 0.1) is 6.92 Å². The minimum Gasteiger partial charge on any atom is -0.391 e. The van der Waals surface area contributed by atoms with E-state index in [1.54, 1.807) is 11.8 Å². The van der Waals surface area contributed by atoms with E-state index in [4.69, 9.17) is 0 Å². The van der Waals surface area contributed by atoms with Crippen molar-refractivity contribution in [2.75, 3.05) is 5.75 Å². The van der Waals surface area contributed by atoms with Crippen molar-refractivity contribution >= 4 is 17.7 Å². The van der Waals surface area contributed by atoms with Crippen LogP contribution in [-0.4, -0.2) is 28.9 Å². The first kappa shape index (κ1) is 14.4. The molecule has 1 aromatic carbocycles. The van der Waals surface area contributed by atoms with Crippen LogP contribution >= 0.6 is 11.8 Å². The van der Waals surface area contributed by atoms with E-state index < -0.39 is 0 Å². The van der Waals surface area contributed by atoms with Gasteiger partial charge in [0.1, 0.15) is 0 Å². The molecular weight excluding hydrogens is 258 g/mol. The van der Waals surface area contributed by atoms with Crippen LogP contribution in [0.2, 0.25) is 0 Å². The minimum absolute atomic E-state index is 0.0132. The van der Waals surface area contributed by atoms with Crippen LogP contribution in [0.1, 0.15) is 31.2 Å². The third-order valence-corrected chi connectivity index (χ3v) is 4.70. The Morgan fingerprint density at radius 2 is 2.11 bits per heavy atom. The number of hydrogen-bond acceptors (Lipinski definition) is 3. The summed E-state index contributed by atoms with van der Waals surface area (Å²) in [5, 5.41) is 12.8. The van der Waals surface area contributed by atoms with Gasteiger partial charge < -0.3 is 10.4 Å². The van der Waals surface area contributed by atoms with E-state index in [9.17, 15) is 9.90 Å². The fraction of sp³-hybridized carbons (Fsp3) is 0.533. The third kappa shape index (κ3) is 4.25. The Balaban J connectivity index is 1.80. The van der Waals surface area contributed by atoms with Crippen LogP contribution in [0.15, 0.2) is 29.2 Å². The topological polar surface area (TPSA) is 49.3 Å². The number of hydrogen-bond donors (Lipinski definition) is 2. The molecule has 1 aliphatic rings. The number of carbonyl (C=O) groups excluding carboxylic acids is 1. The Kier molecular flexibility index (Phi) is 5.28. The molecule has 4 heteroatoms. The molecule has 104 valence electrons. The molecule has 1 amide bonds. The predicted octanol–water partition coefficient (Wildman–Crippen LogP) is 2.51. The summed E-state index contributed by atoms with van der Waals surface area (Å²) in [7, 11) is 0. The Bertz CT molecular complexity index is 436. The maximum atomic E-state index is 11.9. The molecule has 1 saturated carbocycles. The van der Waals surface area contributed by atoms with Crippen molar-refractivity contribution in [2.45, 2.75) is 49.6 Å². The van der Waals surface area contributed by atoms with Gasteiger partial charge in [0.15, 0.2) is 0 Å². The van der Waals surface area contributed by atoms with Crippen molar-refractivity contribution in [1.29, 1.82) is 0 Å². The molecule has 0 bridgehead atoms. The average molecular weight is 279 g/mol. The minimum atomic E-state index is -0.374. The van der Waals surface area contributed by atoms with E-state index >= 15 is 0 Å². The highest BCUT2D eigenvalue weighted by atomic mass is 32.2. The summed E-state index contributed by atoms with van der Waals surface area (Å²) in [5.41, 5.74) is 1.19. The third-order valence-electron chi connectivity index (χ3n) is 3.53. The van der Waals surface area contributed by atoms with Gasteiger partial charge in [-0.15, -0.1) is 11.8 Å². The second-order valence-electron chi connectivity index (χ2n) is 5.08. The summed E-state index contributed by atoms with van der Waals surface area (Å²) in [5.74, 6) is 0.424. The second kappa shape index (κ2) is 6.96. The molecule has 1 aromatic rings. The smallest absolute Gasteiger partial charge is 0.230 e. The Labute approximate surface area is 118 Å². The molecule has 0 saturated heterocycles. The molecule has 3 nitrogen and oxygen atoms in total. The number of aliphatic hydroxyl groups excluding tert-OH is 1. The van der Waals surface area contributed by atoms with E-state index in [1.807, 2.05) is 31.2 Å². The number of nitrogens with one attached hydrogen (secondary N) is 1. The standard InChI is InChI=1S/C15H21NO2S/c1-11-6-2-5-9-14(11)19-10-15(18)16-12-7-3-4-8-13(12)17/h2,5-6,9,12-13,17H,3-4,7-8,10H2,1H3,(H,16,18)/t12-,13-/m0/s1. The lowest BCUT2D eigenvalue weighted by Gasteiger charge is -2.28. The molecule has 0 unspecified atom stereocenters. The van der Waals surface area contributed by atoms with Crippen LogP contribution in [0.4, 0.5) is 0 Å². The summed E-state index contributed by atoms with van der Waals surface area (Å²) in [6.45, 7) is 2.05. The van der Waals surface area contributed by atoms with E-state index in [1.165, 1.54) is 5.56 Å². The van der Waals surface area contributed by atoms with Crippen LogP contribution in [0.3, 0.4) is 0 Å². The van der Waals surface area contributed by atoms with Gasteiger partial charge in [-0.1, -0.05) is 31.0 Å². The number of aliphatic hydroxyl groups is 1. The summed E-state index contributed by atoms with van der Waals surface area (Å²) in [6.07, 6.45) is 3.47. The van der Waals surface area contributed by atoms with Crippen LogP contribution in [-0.2, 0) is 4.79 Å². The SMILES string of the molecule is Cc1ccccc1SCC(=O)N[C@H]1CCCC[C@@H]1O. The molecule has 1 fully saturated rings. The highest BCUT2D eigenvalue weighted by Crippen LogP contribution is 2.22. The van der Waals surface area contributed by atoms with E-state index in [0.29, 0.717) is 5.75 Å². The zero-order chi connectivity index (χ0) is 13.7. The average Bonchev–Trinajstić information content (AvgIpc) is 2.40. The van der Waals surface area contributed by atoms with Gasteiger partial charge in [-0.05, 0) is 31.4 Å². The van der Waals surface area contributed by atoms with Crippen molar-refractivity contribution in [3.05, 3.63) is 29.8 Å². The van der Waals surface area contributed by atoms with Crippen LogP contribution < -0.4 is 5.32 Å². The largest absolute Gasteiger partial charge is 0.391 e. The fourth-order valence-corrected chi connectivity index (χ4v) is 3.23. The van der Waals surface area contributed by atoms with Crippen LogP contribution in [0.25, 0.3) is 0 Å². The lowest BCUT2D eigenvalue weighted by Crippen LogP contribution is -2.45. The first-order valence-corrected chi connectivity index (χ1v) is 7.81. The summed E-state index contributed by atoms with van der Waals surface area (Å²) in [6, 6.07) is 8.00. The zero-order valence-electron chi connectivity index (χ0n) is 11.3. The highest BCUT2D eigenvalue weighted by molar-refractivity contribution is 8.00. The molecule has 0 radical (unpaired) electrons. The number of benzene rings is 1. The number of rotatable bonds is 4. The molecule has 2 atom stereocenters. The van der Waals surface area contributed by atoms with Gasteiger partial charge in [0, 0.05) is 4.90 Å². The number of amides is 1. The molecule has 2 rings (SSSR count). The first-order valence-electron chi connectivity index (χ1n) is 6.82. The summed E-state index contributed by atoms with van der Waals surface area (Å²) >= 11 is 1.55. The second-order valence-corrected chi connectivity index (χ2v) is 6.10. The van der Waals surface area contributed by atoms with E-state index in [0.717, 1.165) is 30.6 Å². The Morgan fingerprint density at radius 1 is 1.37 bits per heavy atom. The predicted molar refractivity (Wildman–Crippen MR) is 78.3 cm³/mol. The monoisotopic (exact) mass is 279 g/mol. The lowest BCUT2D eigenvalue weighted by atomic mass is 9.93. The maximum absolute atomic E-state index is 11.9. The number of thioether (sulfide) groups is 1. The number of carbonyl (C=O) groups is 1. The summed E-state index contributed by atoms with van der Waals surface area (Å²) < 4.78 is 0. The van der Waals surface area contributed by atoms with Crippen molar-refractivity contribution in [1.82, 2.24) is 5.32 Å². The van der Waals surface area contributed by atoms with E-state index in [-0.39, 0.29) is 18.1 Å². The summed E-state index contributed by atoms with van der Waals surface area (Å²) in [4.78, 5) is 13.0. The Morgan fingerprint density at radius 3 is 2.84 bits per heavy atom. The van der Waals surface area contributed by atoms with Crippen molar-refractivity contribution in [3.63, 3.8) is 0 Å². The molecule has 0 heterocycles. The van der Waals surface area contributed by atoms with Crippen LogP contribution in [0.5, 0.6) is 0 Å². The molecule has 0 aliphatic heterocycles. The first-order chi connectivity index (χ1) is 9.16. The molecule has 1 aliphatic carbocycles. The Hall–Kier alpha value is -1.00. The van der Waals surface area contributed by atoms with Crippen molar-refractivity contribution in [2.24, 2.45) is 0 Å². The van der Waals surface area contributed by atoms with Crippen molar-refractivity contribution in [3.8, 4) is 0 Å². The molecular formula is C15H21NO2S. The molecule has 0 aromatic heterocycles. The fourth-order valence-electron chi connectivity index (χ4n) is 2.39. The maximum Gasteiger partial charge on any atom is 0.230 e. The van der Waals surface area contributed by atoms with Gasteiger partial charge in [-0.25, -0.2) is 0 Å². The van der Waals surface area contributed by atoms with E-state index in [2.05, 4.69) is 5.32 Å².